The predicted octanol–water partition coefficient (Wildman–Crippen LogP) is 5.17. The largest absolute Gasteiger partial charge is 0.325 e. The Morgan fingerprint density at radius 1 is 1.03 bits per heavy atom. The number of aryl methyl sites for hydroxylation is 1. The second-order valence-electron chi connectivity index (χ2n) is 7.92. The van der Waals surface area contributed by atoms with Gasteiger partial charge in [-0.1, -0.05) is 59.6 Å². The lowest BCUT2D eigenvalue weighted by molar-refractivity contribution is -0.118. The summed E-state index contributed by atoms with van der Waals surface area (Å²) in [5.74, 6) is 0.516. The van der Waals surface area contributed by atoms with Gasteiger partial charge in [-0.2, -0.15) is 0 Å². The Balaban J connectivity index is 1.49. The third kappa shape index (κ3) is 3.70. The number of benzene rings is 3. The van der Waals surface area contributed by atoms with Crippen LogP contribution < -0.4 is 5.32 Å². The number of halogens is 1. The average molecular weight is 430 g/mol. The van der Waals surface area contributed by atoms with E-state index >= 15 is 0 Å². The molecular formula is C24H20ClN5O. The highest BCUT2D eigenvalue weighted by Gasteiger charge is 2.51. The van der Waals surface area contributed by atoms with Crippen molar-refractivity contribution in [2.45, 2.75) is 25.2 Å². The summed E-state index contributed by atoms with van der Waals surface area (Å²) in [6.45, 7) is 2.05. The molecule has 3 aromatic carbocycles. The molecule has 1 aliphatic carbocycles. The maximum absolute atomic E-state index is 13.2. The monoisotopic (exact) mass is 429 g/mol. The predicted molar refractivity (Wildman–Crippen MR) is 121 cm³/mol. The number of aromatic amines is 1. The number of tetrazole rings is 1. The van der Waals surface area contributed by atoms with E-state index in [9.17, 15) is 4.79 Å². The zero-order valence-corrected chi connectivity index (χ0v) is 17.6. The number of nitrogens with one attached hydrogen (secondary N) is 2. The van der Waals surface area contributed by atoms with Crippen LogP contribution in [-0.4, -0.2) is 26.5 Å². The highest BCUT2D eigenvalue weighted by Crippen LogP contribution is 2.49. The number of hydrogen-bond donors (Lipinski definition) is 2. The fourth-order valence-electron chi connectivity index (χ4n) is 3.88. The Labute approximate surface area is 184 Å². The first-order valence-corrected chi connectivity index (χ1v) is 10.5. The molecule has 31 heavy (non-hydrogen) atoms. The molecule has 1 aliphatic rings. The van der Waals surface area contributed by atoms with Crippen LogP contribution in [0.4, 0.5) is 5.69 Å². The molecule has 5 rings (SSSR count). The van der Waals surface area contributed by atoms with Crippen molar-refractivity contribution in [2.24, 2.45) is 0 Å². The van der Waals surface area contributed by atoms with Crippen LogP contribution in [0.15, 0.2) is 66.7 Å². The van der Waals surface area contributed by atoms with E-state index < -0.39 is 5.41 Å². The molecule has 0 saturated heterocycles. The minimum Gasteiger partial charge on any atom is -0.325 e. The molecule has 6 nitrogen and oxygen atoms in total. The van der Waals surface area contributed by atoms with Gasteiger partial charge in [-0.05, 0) is 71.1 Å². The highest BCUT2D eigenvalue weighted by molar-refractivity contribution is 6.30. The van der Waals surface area contributed by atoms with Crippen LogP contribution in [0.25, 0.3) is 22.5 Å². The molecule has 0 unspecified atom stereocenters. The van der Waals surface area contributed by atoms with Gasteiger partial charge in [0.15, 0.2) is 5.82 Å². The smallest absolute Gasteiger partial charge is 0.235 e. The van der Waals surface area contributed by atoms with Crippen LogP contribution in [0, 0.1) is 6.92 Å². The SMILES string of the molecule is Cc1ccc(-c2ccc(NC(=O)C3(c4cccc(Cl)c4)CC3)cc2-c2nnn[nH]2)cc1. The number of carbonyl (C=O) groups excluding carboxylic acids is 1. The van der Waals surface area contributed by atoms with E-state index in [2.05, 4.69) is 57.1 Å². The van der Waals surface area contributed by atoms with Crippen molar-refractivity contribution in [3.05, 3.63) is 82.9 Å². The Morgan fingerprint density at radius 2 is 1.84 bits per heavy atom. The number of nitrogens with zero attached hydrogens (tertiary/aromatic N) is 3. The van der Waals surface area contributed by atoms with E-state index in [4.69, 9.17) is 11.6 Å². The third-order valence-electron chi connectivity index (χ3n) is 5.80. The minimum atomic E-state index is -0.519. The standard InChI is InChI=1S/C24H20ClN5O/c1-15-5-7-16(8-6-15)20-10-9-19(14-21(20)22-27-29-30-28-22)26-23(31)24(11-12-24)17-3-2-4-18(25)13-17/h2-10,13-14H,11-12H2,1H3,(H,26,31)(H,27,28,29,30). The molecule has 0 aliphatic heterocycles. The maximum Gasteiger partial charge on any atom is 0.235 e. The van der Waals surface area contributed by atoms with Crippen LogP contribution >= 0.6 is 11.6 Å². The second-order valence-corrected chi connectivity index (χ2v) is 8.36. The zero-order valence-electron chi connectivity index (χ0n) is 16.9. The van der Waals surface area contributed by atoms with Crippen LogP contribution in [-0.2, 0) is 10.2 Å². The molecule has 1 amide bonds. The summed E-state index contributed by atoms with van der Waals surface area (Å²) >= 11 is 6.15. The lowest BCUT2D eigenvalue weighted by Gasteiger charge is -2.17. The summed E-state index contributed by atoms with van der Waals surface area (Å²) in [5.41, 5.74) is 5.16. The van der Waals surface area contributed by atoms with Gasteiger partial charge in [-0.25, -0.2) is 5.10 Å². The number of anilines is 1. The van der Waals surface area contributed by atoms with Crippen molar-refractivity contribution in [3.8, 4) is 22.5 Å². The van der Waals surface area contributed by atoms with Crippen molar-refractivity contribution in [3.63, 3.8) is 0 Å². The Morgan fingerprint density at radius 3 is 2.52 bits per heavy atom. The Kier molecular flexibility index (Phi) is 4.79. The highest BCUT2D eigenvalue weighted by atomic mass is 35.5. The van der Waals surface area contributed by atoms with Gasteiger partial charge >= 0.3 is 0 Å². The molecule has 154 valence electrons. The van der Waals surface area contributed by atoms with Crippen LogP contribution in [0.1, 0.15) is 24.0 Å². The molecule has 1 saturated carbocycles. The van der Waals surface area contributed by atoms with Crippen molar-refractivity contribution >= 4 is 23.2 Å². The Bertz CT molecular complexity index is 1250. The molecule has 1 heterocycles. The normalized spacial score (nSPS) is 14.3. The lowest BCUT2D eigenvalue weighted by Crippen LogP contribution is -2.27. The minimum absolute atomic E-state index is 0.0282. The van der Waals surface area contributed by atoms with Gasteiger partial charge in [0.25, 0.3) is 0 Å². The van der Waals surface area contributed by atoms with E-state index in [1.54, 1.807) is 0 Å². The third-order valence-corrected chi connectivity index (χ3v) is 6.04. The molecular weight excluding hydrogens is 410 g/mol. The Hall–Kier alpha value is -3.51. The van der Waals surface area contributed by atoms with Crippen molar-refractivity contribution in [2.75, 3.05) is 5.32 Å². The van der Waals surface area contributed by atoms with Gasteiger partial charge in [0, 0.05) is 16.3 Å². The number of H-pyrrole nitrogens is 1. The van der Waals surface area contributed by atoms with Crippen LogP contribution in [0.5, 0.6) is 0 Å². The number of aromatic nitrogens is 4. The van der Waals surface area contributed by atoms with E-state index in [1.807, 2.05) is 42.5 Å². The van der Waals surface area contributed by atoms with Crippen LogP contribution in [0.3, 0.4) is 0 Å². The molecule has 0 spiro atoms. The van der Waals surface area contributed by atoms with E-state index in [0.717, 1.165) is 35.1 Å². The number of amides is 1. The molecule has 1 fully saturated rings. The summed E-state index contributed by atoms with van der Waals surface area (Å²) in [6, 6.07) is 21.6. The van der Waals surface area contributed by atoms with Gasteiger partial charge in [-0.3, -0.25) is 4.79 Å². The molecule has 0 radical (unpaired) electrons. The lowest BCUT2D eigenvalue weighted by atomic mass is 9.94. The molecule has 7 heteroatoms. The first-order chi connectivity index (χ1) is 15.0. The van der Waals surface area contributed by atoms with Crippen molar-refractivity contribution in [1.82, 2.24) is 20.6 Å². The van der Waals surface area contributed by atoms with Gasteiger partial charge < -0.3 is 5.32 Å². The molecule has 4 aromatic rings. The topological polar surface area (TPSA) is 83.6 Å². The summed E-state index contributed by atoms with van der Waals surface area (Å²) in [5, 5.41) is 18.1. The maximum atomic E-state index is 13.2. The zero-order chi connectivity index (χ0) is 21.4. The van der Waals surface area contributed by atoms with Gasteiger partial charge in [-0.15, -0.1) is 5.10 Å². The quantitative estimate of drug-likeness (QED) is 0.458. The summed E-state index contributed by atoms with van der Waals surface area (Å²) in [7, 11) is 0. The van der Waals surface area contributed by atoms with Crippen LogP contribution in [0.2, 0.25) is 5.02 Å². The molecule has 0 atom stereocenters. The van der Waals surface area contributed by atoms with E-state index in [-0.39, 0.29) is 5.91 Å². The number of hydrogen-bond acceptors (Lipinski definition) is 4. The fourth-order valence-corrected chi connectivity index (χ4v) is 4.08. The molecule has 0 bridgehead atoms. The number of carbonyl (C=O) groups is 1. The second kappa shape index (κ2) is 7.63. The van der Waals surface area contributed by atoms with Gasteiger partial charge in [0.05, 0.1) is 5.41 Å². The van der Waals surface area contributed by atoms with E-state index in [0.29, 0.717) is 16.5 Å². The first kappa shape index (κ1) is 19.5. The summed E-state index contributed by atoms with van der Waals surface area (Å²) in [4.78, 5) is 13.2. The van der Waals surface area contributed by atoms with Gasteiger partial charge in [0.1, 0.15) is 0 Å². The summed E-state index contributed by atoms with van der Waals surface area (Å²) in [6.07, 6.45) is 1.61. The number of rotatable bonds is 5. The van der Waals surface area contributed by atoms with Crippen molar-refractivity contribution in [1.29, 1.82) is 0 Å². The molecule has 1 aromatic heterocycles. The summed E-state index contributed by atoms with van der Waals surface area (Å²) < 4.78 is 0. The first-order valence-electron chi connectivity index (χ1n) is 10.1. The van der Waals surface area contributed by atoms with E-state index in [1.165, 1.54) is 5.56 Å². The fraction of sp³-hybridized carbons (Fsp3) is 0.167. The average Bonchev–Trinajstić information content (AvgIpc) is 3.41. The molecule has 2 N–H and O–H groups in total. The van der Waals surface area contributed by atoms with Gasteiger partial charge in [0.2, 0.25) is 5.91 Å². The van der Waals surface area contributed by atoms with Crippen molar-refractivity contribution < 1.29 is 4.79 Å².